The van der Waals surface area contributed by atoms with E-state index in [1.54, 1.807) is 0 Å². The third-order valence-corrected chi connectivity index (χ3v) is 7.73. The van der Waals surface area contributed by atoms with E-state index in [1.165, 1.54) is 17.2 Å². The van der Waals surface area contributed by atoms with Crippen molar-refractivity contribution < 1.29 is 30.3 Å². The maximum Gasteiger partial charge on any atom is 0.0626 e. The van der Waals surface area contributed by atoms with Crippen molar-refractivity contribution in [2.75, 3.05) is 0 Å². The van der Waals surface area contributed by atoms with Crippen molar-refractivity contribution in [1.82, 2.24) is 4.98 Å². The summed E-state index contributed by atoms with van der Waals surface area (Å²) in [5.41, 5.74) is 2.01. The smallest absolute Gasteiger partial charge is 0.0626 e. The summed E-state index contributed by atoms with van der Waals surface area (Å²) in [7, 11) is 0. The first kappa shape index (κ1) is 26.0. The van der Waals surface area contributed by atoms with Crippen LogP contribution < -0.4 is 0 Å². The van der Waals surface area contributed by atoms with Crippen LogP contribution >= 0.6 is 0 Å². The van der Waals surface area contributed by atoms with Gasteiger partial charge in [0.1, 0.15) is 0 Å². The summed E-state index contributed by atoms with van der Waals surface area (Å²) >= 11 is 0. The van der Waals surface area contributed by atoms with Gasteiger partial charge >= 0.3 is 0 Å². The van der Waals surface area contributed by atoms with E-state index in [4.69, 9.17) is 0 Å². The first-order valence-electron chi connectivity index (χ1n) is 12.2. The molecule has 0 aliphatic heterocycles. The van der Waals surface area contributed by atoms with E-state index in [0.717, 1.165) is 30.5 Å². The molecule has 3 aromatic rings. The third-order valence-electron chi connectivity index (χ3n) is 7.73. The van der Waals surface area contributed by atoms with Crippen molar-refractivity contribution in [2.24, 2.45) is 29.6 Å². The molecule has 1 radical (unpaired) electrons. The second-order valence-corrected chi connectivity index (χ2v) is 9.90. The number of benzene rings is 2. The fraction of sp³-hybridized carbons (Fsp3) is 0.483. The average molecular weight is 623 g/mol. The Morgan fingerprint density at radius 2 is 1.73 bits per heavy atom. The van der Waals surface area contributed by atoms with Gasteiger partial charge in [-0.05, 0) is 59.4 Å². The van der Waals surface area contributed by atoms with Gasteiger partial charge < -0.3 is 15.2 Å². The van der Waals surface area contributed by atoms with E-state index in [0.29, 0.717) is 23.7 Å². The zero-order valence-corrected chi connectivity index (χ0v) is 22.2. The Bertz CT molecular complexity index is 1010. The Morgan fingerprint density at radius 1 is 1.00 bits per heavy atom. The van der Waals surface area contributed by atoms with Crippen LogP contribution in [0.1, 0.15) is 46.5 Å². The molecule has 2 aromatic carbocycles. The van der Waals surface area contributed by atoms with Crippen molar-refractivity contribution in [3.8, 4) is 11.3 Å². The summed E-state index contributed by atoms with van der Waals surface area (Å²) < 4.78 is 0. The molecule has 5 rings (SSSR count). The summed E-state index contributed by atoms with van der Waals surface area (Å²) in [5.74, 6) is 2.08. The molecule has 2 fully saturated rings. The van der Waals surface area contributed by atoms with Crippen LogP contribution in [0.15, 0.2) is 60.8 Å². The number of pyridine rings is 1. The number of hydrogen-bond acceptors (Lipinski definition) is 3. The van der Waals surface area contributed by atoms with Crippen LogP contribution in [0.2, 0.25) is 0 Å². The number of fused-ring (bicyclic) bond motifs is 2. The molecular formula is C29H36IrNO2-. The number of nitrogens with zero attached hydrogens (tertiary/aromatic N) is 1. The van der Waals surface area contributed by atoms with Crippen LogP contribution in [0.3, 0.4) is 0 Å². The van der Waals surface area contributed by atoms with E-state index in [-0.39, 0.29) is 38.2 Å². The summed E-state index contributed by atoms with van der Waals surface area (Å²) in [6.07, 6.45) is 5.90. The standard InChI is InChI=1S/C15H10N.C14H26O2.Ir/c1-2-6-12(7-3-1)15-10-13-8-4-5-9-14(13)11-16-15;1-4-9-5-6-10-7-11(8(2)3)14(16)12(10)13(9)15;/h1-6,8-11H;8-16H,4-7H2,1-3H3;/q-1;;/t;9-,10?,11+,12?,13?,14?;/m.0./s1. The van der Waals surface area contributed by atoms with Crippen molar-refractivity contribution >= 4 is 10.8 Å². The first-order chi connectivity index (χ1) is 15.5. The Balaban J connectivity index is 0.000000180. The molecule has 0 saturated heterocycles. The molecule has 6 atom stereocenters. The van der Waals surface area contributed by atoms with Gasteiger partial charge in [0.2, 0.25) is 0 Å². The molecule has 179 valence electrons. The number of hydrogen-bond donors (Lipinski definition) is 2. The molecule has 0 amide bonds. The number of rotatable bonds is 3. The van der Waals surface area contributed by atoms with E-state index in [9.17, 15) is 10.2 Å². The minimum atomic E-state index is -0.269. The molecule has 0 spiro atoms. The molecule has 2 saturated carbocycles. The van der Waals surface area contributed by atoms with E-state index in [1.807, 2.05) is 42.6 Å². The van der Waals surface area contributed by atoms with Crippen molar-refractivity contribution in [1.29, 1.82) is 0 Å². The van der Waals surface area contributed by atoms with Crippen LogP contribution in [0.4, 0.5) is 0 Å². The van der Waals surface area contributed by atoms with Gasteiger partial charge in [-0.3, -0.25) is 0 Å². The van der Waals surface area contributed by atoms with Crippen LogP contribution in [0.25, 0.3) is 22.0 Å². The summed E-state index contributed by atoms with van der Waals surface area (Å²) in [5, 5.41) is 23.1. The summed E-state index contributed by atoms with van der Waals surface area (Å²) in [6, 6.07) is 21.4. The van der Waals surface area contributed by atoms with Gasteiger partial charge in [-0.25, -0.2) is 0 Å². The summed E-state index contributed by atoms with van der Waals surface area (Å²) in [6.45, 7) is 6.53. The Kier molecular flexibility index (Phi) is 9.24. The van der Waals surface area contributed by atoms with Crippen LogP contribution in [-0.2, 0) is 20.1 Å². The minimum Gasteiger partial charge on any atom is -0.392 e. The van der Waals surface area contributed by atoms with E-state index >= 15 is 0 Å². The average Bonchev–Trinajstić information content (AvgIpc) is 3.17. The van der Waals surface area contributed by atoms with Gasteiger partial charge in [-0.2, -0.15) is 0 Å². The van der Waals surface area contributed by atoms with Crippen molar-refractivity contribution in [3.05, 3.63) is 66.9 Å². The van der Waals surface area contributed by atoms with E-state index in [2.05, 4.69) is 50.0 Å². The second-order valence-electron chi connectivity index (χ2n) is 9.90. The third kappa shape index (κ3) is 5.74. The topological polar surface area (TPSA) is 53.4 Å². The molecular weight excluding hydrogens is 587 g/mol. The van der Waals surface area contributed by atoms with Crippen molar-refractivity contribution in [2.45, 2.75) is 58.7 Å². The molecule has 2 aliphatic carbocycles. The fourth-order valence-corrected chi connectivity index (χ4v) is 5.81. The number of aliphatic hydroxyl groups is 2. The van der Waals surface area contributed by atoms with Crippen LogP contribution in [0.5, 0.6) is 0 Å². The molecule has 33 heavy (non-hydrogen) atoms. The Hall–Kier alpha value is -1.58. The molecule has 2 N–H and O–H groups in total. The normalized spacial score (nSPS) is 28.5. The van der Waals surface area contributed by atoms with Crippen LogP contribution in [0, 0.1) is 35.7 Å². The second kappa shape index (κ2) is 11.7. The van der Waals surface area contributed by atoms with Gasteiger partial charge in [0.15, 0.2) is 0 Å². The number of aliphatic hydroxyl groups excluding tert-OH is 2. The first-order valence-corrected chi connectivity index (χ1v) is 12.2. The van der Waals surface area contributed by atoms with Crippen LogP contribution in [-0.4, -0.2) is 27.4 Å². The SMILES string of the molecule is CC[C@H]1CCC2C[C@H](C(C)C)C(O)C2C1O.[Ir].[c-]1ccccc1-c1cc2ccccc2cn1. The molecule has 3 nitrogen and oxygen atoms in total. The van der Waals surface area contributed by atoms with Gasteiger partial charge in [0.05, 0.1) is 12.2 Å². The monoisotopic (exact) mass is 623 g/mol. The van der Waals surface area contributed by atoms with Crippen molar-refractivity contribution in [3.63, 3.8) is 0 Å². The summed E-state index contributed by atoms with van der Waals surface area (Å²) in [4.78, 5) is 4.45. The number of aromatic nitrogens is 1. The largest absolute Gasteiger partial charge is 0.392 e. The molecule has 1 aromatic heterocycles. The quantitative estimate of drug-likeness (QED) is 0.346. The Morgan fingerprint density at radius 3 is 2.39 bits per heavy atom. The Labute approximate surface area is 212 Å². The predicted molar refractivity (Wildman–Crippen MR) is 131 cm³/mol. The minimum absolute atomic E-state index is 0. The van der Waals surface area contributed by atoms with Gasteiger partial charge in [0, 0.05) is 32.2 Å². The zero-order chi connectivity index (χ0) is 22.7. The van der Waals surface area contributed by atoms with Gasteiger partial charge in [-0.1, -0.05) is 57.5 Å². The van der Waals surface area contributed by atoms with Gasteiger partial charge in [0.25, 0.3) is 0 Å². The molecule has 4 unspecified atom stereocenters. The van der Waals surface area contributed by atoms with Gasteiger partial charge in [-0.15, -0.1) is 35.9 Å². The molecule has 1 heterocycles. The zero-order valence-electron chi connectivity index (χ0n) is 19.8. The molecule has 4 heteroatoms. The maximum absolute atomic E-state index is 10.4. The molecule has 2 aliphatic rings. The fourth-order valence-electron chi connectivity index (χ4n) is 5.81. The predicted octanol–water partition coefficient (Wildman–Crippen LogP) is 6.14. The molecule has 0 bridgehead atoms. The van der Waals surface area contributed by atoms with E-state index < -0.39 is 0 Å². The maximum atomic E-state index is 10.4.